The first-order chi connectivity index (χ1) is 9.47. The van der Waals surface area contributed by atoms with Crippen molar-refractivity contribution in [3.63, 3.8) is 0 Å². The summed E-state index contributed by atoms with van der Waals surface area (Å²) in [5.41, 5.74) is 0.680. The molecule has 0 radical (unpaired) electrons. The average molecular weight is 298 g/mol. The number of hydrogen-bond acceptors (Lipinski definition) is 3. The van der Waals surface area contributed by atoms with Crippen molar-refractivity contribution in [3.05, 3.63) is 30.3 Å². The third kappa shape index (κ3) is 3.51. The first-order valence-corrected chi connectivity index (χ1v) is 7.04. The molecule has 1 aromatic rings. The van der Waals surface area contributed by atoms with Gasteiger partial charge in [0.15, 0.2) is 0 Å². The Balaban J connectivity index is 2.93. The Bertz CT molecular complexity index is 463. The largest absolute Gasteiger partial charge is 0.464 e. The maximum atomic E-state index is 12.5. The number of para-hydroxylation sites is 1. The number of rotatable bonds is 6. The van der Waals surface area contributed by atoms with Crippen molar-refractivity contribution in [1.29, 1.82) is 0 Å². The smallest absolute Gasteiger partial charge is 0.336 e. The van der Waals surface area contributed by atoms with E-state index in [0.29, 0.717) is 12.1 Å². The molecule has 0 aliphatic carbocycles. The standard InChI is InChI=1S/C15H20ClNO3/c1-4-11-20-14(19)15(16,5-2)13(18)17(3)12-9-7-6-8-10-12/h6-10H,4-5,11H2,1-3H3. The number of benzene rings is 1. The highest BCUT2D eigenvalue weighted by atomic mass is 35.5. The number of alkyl halides is 1. The SMILES string of the molecule is CCCOC(=O)C(Cl)(CC)C(=O)N(C)c1ccccc1. The second kappa shape index (κ2) is 7.29. The molecule has 0 aliphatic rings. The summed E-state index contributed by atoms with van der Waals surface area (Å²) >= 11 is 6.24. The lowest BCUT2D eigenvalue weighted by Crippen LogP contribution is -2.49. The molecular weight excluding hydrogens is 278 g/mol. The predicted octanol–water partition coefficient (Wildman–Crippen LogP) is 2.99. The summed E-state index contributed by atoms with van der Waals surface area (Å²) in [5, 5.41) is 0. The van der Waals surface area contributed by atoms with Crippen LogP contribution in [0.25, 0.3) is 0 Å². The maximum Gasteiger partial charge on any atom is 0.336 e. The Kier molecular flexibility index (Phi) is 6.02. The third-order valence-electron chi connectivity index (χ3n) is 3.04. The van der Waals surface area contributed by atoms with Gasteiger partial charge < -0.3 is 9.64 Å². The van der Waals surface area contributed by atoms with Gasteiger partial charge in [0.2, 0.25) is 4.87 Å². The van der Waals surface area contributed by atoms with E-state index in [9.17, 15) is 9.59 Å². The zero-order valence-corrected chi connectivity index (χ0v) is 12.8. The molecule has 110 valence electrons. The molecule has 0 N–H and O–H groups in total. The lowest BCUT2D eigenvalue weighted by molar-refractivity contribution is -0.150. The summed E-state index contributed by atoms with van der Waals surface area (Å²) in [5.74, 6) is -1.16. The van der Waals surface area contributed by atoms with E-state index in [1.807, 2.05) is 25.1 Å². The molecular formula is C15H20ClNO3. The molecule has 1 atom stereocenters. The van der Waals surface area contributed by atoms with E-state index in [4.69, 9.17) is 16.3 Å². The Morgan fingerprint density at radius 3 is 2.35 bits per heavy atom. The van der Waals surface area contributed by atoms with Gasteiger partial charge in [0.25, 0.3) is 5.91 Å². The monoisotopic (exact) mass is 297 g/mol. The summed E-state index contributed by atoms with van der Waals surface area (Å²) in [4.78, 5) is 24.2. The zero-order valence-electron chi connectivity index (χ0n) is 12.1. The Morgan fingerprint density at radius 1 is 1.25 bits per heavy atom. The van der Waals surface area contributed by atoms with Crippen molar-refractivity contribution in [2.75, 3.05) is 18.6 Å². The average Bonchev–Trinajstić information content (AvgIpc) is 2.50. The van der Waals surface area contributed by atoms with Gasteiger partial charge in [0, 0.05) is 12.7 Å². The highest BCUT2D eigenvalue weighted by molar-refractivity contribution is 6.47. The van der Waals surface area contributed by atoms with Gasteiger partial charge in [-0.05, 0) is 25.0 Å². The van der Waals surface area contributed by atoms with Crippen LogP contribution in [-0.2, 0) is 14.3 Å². The van der Waals surface area contributed by atoms with Crippen LogP contribution < -0.4 is 4.90 Å². The molecule has 4 nitrogen and oxygen atoms in total. The predicted molar refractivity (Wildman–Crippen MR) is 80.0 cm³/mol. The van der Waals surface area contributed by atoms with Crippen molar-refractivity contribution >= 4 is 29.2 Å². The zero-order chi connectivity index (χ0) is 15.2. The molecule has 0 bridgehead atoms. The van der Waals surface area contributed by atoms with E-state index < -0.39 is 16.8 Å². The molecule has 1 aromatic carbocycles. The summed E-state index contributed by atoms with van der Waals surface area (Å²) in [6, 6.07) is 9.04. The van der Waals surface area contributed by atoms with Gasteiger partial charge in [-0.1, -0.05) is 43.6 Å². The number of esters is 1. The minimum Gasteiger partial charge on any atom is -0.464 e. The van der Waals surface area contributed by atoms with Crippen molar-refractivity contribution in [1.82, 2.24) is 0 Å². The first-order valence-electron chi connectivity index (χ1n) is 6.66. The Morgan fingerprint density at radius 2 is 1.85 bits per heavy atom. The fourth-order valence-corrected chi connectivity index (χ4v) is 1.91. The van der Waals surface area contributed by atoms with Gasteiger partial charge in [0.05, 0.1) is 6.61 Å². The molecule has 0 aromatic heterocycles. The molecule has 0 heterocycles. The van der Waals surface area contributed by atoms with Crippen LogP contribution in [-0.4, -0.2) is 30.4 Å². The van der Waals surface area contributed by atoms with Crippen molar-refractivity contribution < 1.29 is 14.3 Å². The second-order valence-electron chi connectivity index (χ2n) is 4.49. The highest BCUT2D eigenvalue weighted by Gasteiger charge is 2.46. The number of halogens is 1. The van der Waals surface area contributed by atoms with Crippen molar-refractivity contribution in [2.45, 2.75) is 31.6 Å². The number of amides is 1. The van der Waals surface area contributed by atoms with Gasteiger partial charge in [0.1, 0.15) is 0 Å². The Labute approximate surface area is 124 Å². The lowest BCUT2D eigenvalue weighted by atomic mass is 10.0. The fraction of sp³-hybridized carbons (Fsp3) is 0.467. The van der Waals surface area contributed by atoms with Crippen LogP contribution >= 0.6 is 11.6 Å². The van der Waals surface area contributed by atoms with Crippen LogP contribution in [0, 0.1) is 0 Å². The molecule has 1 amide bonds. The van der Waals surface area contributed by atoms with E-state index in [2.05, 4.69) is 0 Å². The van der Waals surface area contributed by atoms with Crippen LogP contribution in [0.2, 0.25) is 0 Å². The van der Waals surface area contributed by atoms with Crippen molar-refractivity contribution in [3.8, 4) is 0 Å². The van der Waals surface area contributed by atoms with Crippen molar-refractivity contribution in [2.24, 2.45) is 0 Å². The molecule has 0 aliphatic heterocycles. The summed E-state index contributed by atoms with van der Waals surface area (Å²) in [6.07, 6.45) is 0.859. The number of nitrogens with zero attached hydrogens (tertiary/aromatic N) is 1. The number of anilines is 1. The quantitative estimate of drug-likeness (QED) is 0.461. The fourth-order valence-electron chi connectivity index (χ4n) is 1.73. The Hall–Kier alpha value is -1.55. The van der Waals surface area contributed by atoms with E-state index in [1.165, 1.54) is 4.90 Å². The number of carbonyl (C=O) groups is 2. The van der Waals surface area contributed by atoms with Crippen LogP contribution in [0.4, 0.5) is 5.69 Å². The van der Waals surface area contributed by atoms with Gasteiger partial charge in [-0.15, -0.1) is 0 Å². The van der Waals surface area contributed by atoms with Gasteiger partial charge >= 0.3 is 5.97 Å². The molecule has 1 unspecified atom stereocenters. The molecule has 20 heavy (non-hydrogen) atoms. The van der Waals surface area contributed by atoms with Gasteiger partial charge in [-0.2, -0.15) is 0 Å². The minimum absolute atomic E-state index is 0.174. The highest BCUT2D eigenvalue weighted by Crippen LogP contribution is 2.27. The summed E-state index contributed by atoms with van der Waals surface area (Å²) < 4.78 is 5.04. The number of carbonyl (C=O) groups excluding carboxylic acids is 2. The first kappa shape index (κ1) is 16.5. The van der Waals surface area contributed by atoms with E-state index in [0.717, 1.165) is 0 Å². The second-order valence-corrected chi connectivity index (χ2v) is 5.14. The van der Waals surface area contributed by atoms with Gasteiger partial charge in [-0.3, -0.25) is 4.79 Å². The summed E-state index contributed by atoms with van der Waals surface area (Å²) in [7, 11) is 1.59. The molecule has 5 heteroatoms. The molecule has 0 saturated heterocycles. The third-order valence-corrected chi connectivity index (χ3v) is 3.62. The topological polar surface area (TPSA) is 46.6 Å². The number of hydrogen-bond donors (Lipinski definition) is 0. The normalized spacial score (nSPS) is 13.4. The molecule has 0 saturated carbocycles. The van der Waals surface area contributed by atoms with E-state index in [-0.39, 0.29) is 13.0 Å². The van der Waals surface area contributed by atoms with Crippen LogP contribution in [0.15, 0.2) is 30.3 Å². The lowest BCUT2D eigenvalue weighted by Gasteiger charge is -2.28. The van der Waals surface area contributed by atoms with E-state index in [1.54, 1.807) is 26.1 Å². The van der Waals surface area contributed by atoms with Crippen LogP contribution in [0.5, 0.6) is 0 Å². The van der Waals surface area contributed by atoms with Gasteiger partial charge in [-0.25, -0.2) is 4.79 Å². The molecule has 0 fully saturated rings. The molecule has 1 rings (SSSR count). The van der Waals surface area contributed by atoms with E-state index >= 15 is 0 Å². The van der Waals surface area contributed by atoms with Crippen LogP contribution in [0.1, 0.15) is 26.7 Å². The number of ether oxygens (including phenoxy) is 1. The minimum atomic E-state index is -1.67. The summed E-state index contributed by atoms with van der Waals surface area (Å²) in [6.45, 7) is 3.83. The van der Waals surface area contributed by atoms with Crippen LogP contribution in [0.3, 0.4) is 0 Å². The maximum absolute atomic E-state index is 12.5. The molecule has 0 spiro atoms.